The molecule has 0 aromatic heterocycles. The summed E-state index contributed by atoms with van der Waals surface area (Å²) >= 11 is 5.82. The Bertz CT molecular complexity index is 427. The number of carboxylic acids is 1. The van der Waals surface area contributed by atoms with E-state index in [9.17, 15) is 9.18 Å². The van der Waals surface area contributed by atoms with Crippen molar-refractivity contribution in [3.63, 3.8) is 0 Å². The predicted octanol–water partition coefficient (Wildman–Crippen LogP) is 3.44. The van der Waals surface area contributed by atoms with Crippen LogP contribution in [0.25, 0.3) is 0 Å². The molecule has 0 spiro atoms. The van der Waals surface area contributed by atoms with Crippen LogP contribution in [0.2, 0.25) is 5.02 Å². The SMILES string of the molecule is Cc1cc(Cl)cc(CC(C)(C)C(=O)O)c1F. The molecule has 0 aliphatic carbocycles. The fraction of sp³-hybridized carbons (Fsp3) is 0.417. The van der Waals surface area contributed by atoms with E-state index in [4.69, 9.17) is 16.7 Å². The van der Waals surface area contributed by atoms with Gasteiger partial charge < -0.3 is 5.11 Å². The lowest BCUT2D eigenvalue weighted by Crippen LogP contribution is -2.26. The third kappa shape index (κ3) is 2.73. The first-order valence-corrected chi connectivity index (χ1v) is 5.30. The van der Waals surface area contributed by atoms with Crippen LogP contribution in [-0.4, -0.2) is 11.1 Å². The Morgan fingerprint density at radius 2 is 2.06 bits per heavy atom. The standard InChI is InChI=1S/C12H14ClFO2/c1-7-4-9(13)5-8(10(7)14)6-12(2,3)11(15)16/h4-5H,6H2,1-3H3,(H,15,16). The van der Waals surface area contributed by atoms with Crippen molar-refractivity contribution in [3.05, 3.63) is 34.1 Å². The van der Waals surface area contributed by atoms with Crippen molar-refractivity contribution in [2.45, 2.75) is 27.2 Å². The van der Waals surface area contributed by atoms with Gasteiger partial charge in [-0.2, -0.15) is 0 Å². The largest absolute Gasteiger partial charge is 0.481 e. The van der Waals surface area contributed by atoms with Crippen LogP contribution in [0, 0.1) is 18.2 Å². The monoisotopic (exact) mass is 244 g/mol. The number of hydrogen-bond acceptors (Lipinski definition) is 1. The highest BCUT2D eigenvalue weighted by Gasteiger charge is 2.28. The van der Waals surface area contributed by atoms with E-state index in [1.54, 1.807) is 20.8 Å². The third-order valence-electron chi connectivity index (χ3n) is 2.51. The van der Waals surface area contributed by atoms with Gasteiger partial charge in [0, 0.05) is 5.02 Å². The molecule has 1 rings (SSSR count). The van der Waals surface area contributed by atoms with Gasteiger partial charge in [0.15, 0.2) is 0 Å². The zero-order chi connectivity index (χ0) is 12.5. The van der Waals surface area contributed by atoms with Gasteiger partial charge in [-0.3, -0.25) is 4.79 Å². The molecule has 88 valence electrons. The van der Waals surface area contributed by atoms with Crippen LogP contribution in [0.4, 0.5) is 4.39 Å². The summed E-state index contributed by atoms with van der Waals surface area (Å²) in [5, 5.41) is 9.40. The Labute approximate surface area is 99.0 Å². The highest BCUT2D eigenvalue weighted by atomic mass is 35.5. The molecule has 0 fully saturated rings. The highest BCUT2D eigenvalue weighted by molar-refractivity contribution is 6.30. The molecule has 0 bridgehead atoms. The summed E-state index contributed by atoms with van der Waals surface area (Å²) in [5.74, 6) is -1.33. The Hall–Kier alpha value is -1.09. The van der Waals surface area contributed by atoms with Crippen molar-refractivity contribution < 1.29 is 14.3 Å². The maximum atomic E-state index is 13.7. The van der Waals surface area contributed by atoms with Crippen LogP contribution in [0.15, 0.2) is 12.1 Å². The van der Waals surface area contributed by atoms with Crippen molar-refractivity contribution in [3.8, 4) is 0 Å². The molecule has 1 aromatic rings. The fourth-order valence-electron chi connectivity index (χ4n) is 1.48. The minimum Gasteiger partial charge on any atom is -0.481 e. The number of halogens is 2. The summed E-state index contributed by atoms with van der Waals surface area (Å²) in [6.45, 7) is 4.73. The van der Waals surface area contributed by atoms with Crippen molar-refractivity contribution >= 4 is 17.6 Å². The average molecular weight is 245 g/mol. The normalized spacial score (nSPS) is 11.6. The van der Waals surface area contributed by atoms with Gasteiger partial charge in [0.25, 0.3) is 0 Å². The van der Waals surface area contributed by atoms with Gasteiger partial charge in [0.2, 0.25) is 0 Å². The summed E-state index contributed by atoms with van der Waals surface area (Å²) in [7, 11) is 0. The van der Waals surface area contributed by atoms with E-state index in [2.05, 4.69) is 0 Å². The number of benzene rings is 1. The molecule has 1 aromatic carbocycles. The molecule has 0 atom stereocenters. The molecule has 0 saturated carbocycles. The fourth-order valence-corrected chi connectivity index (χ4v) is 1.77. The quantitative estimate of drug-likeness (QED) is 0.884. The van der Waals surface area contributed by atoms with Crippen LogP contribution in [-0.2, 0) is 11.2 Å². The summed E-state index contributed by atoms with van der Waals surface area (Å²) in [6.07, 6.45) is 0.121. The van der Waals surface area contributed by atoms with E-state index < -0.39 is 11.4 Å². The van der Waals surface area contributed by atoms with Crippen molar-refractivity contribution in [2.75, 3.05) is 0 Å². The second kappa shape index (κ2) is 4.42. The van der Waals surface area contributed by atoms with Gasteiger partial charge in [-0.15, -0.1) is 0 Å². The van der Waals surface area contributed by atoms with Crippen molar-refractivity contribution in [1.82, 2.24) is 0 Å². The Kier molecular flexibility index (Phi) is 3.58. The molecule has 0 heterocycles. The first-order chi connectivity index (χ1) is 7.24. The zero-order valence-corrected chi connectivity index (χ0v) is 10.2. The molecular formula is C12H14ClFO2. The van der Waals surface area contributed by atoms with Crippen LogP contribution >= 0.6 is 11.6 Å². The van der Waals surface area contributed by atoms with Crippen LogP contribution < -0.4 is 0 Å². The van der Waals surface area contributed by atoms with E-state index in [0.29, 0.717) is 16.1 Å². The second-order valence-corrected chi connectivity index (χ2v) is 5.00. The van der Waals surface area contributed by atoms with Gasteiger partial charge in [-0.1, -0.05) is 11.6 Å². The van der Waals surface area contributed by atoms with E-state index >= 15 is 0 Å². The topological polar surface area (TPSA) is 37.3 Å². The predicted molar refractivity (Wildman–Crippen MR) is 61.3 cm³/mol. The molecule has 0 radical (unpaired) electrons. The van der Waals surface area contributed by atoms with E-state index in [0.717, 1.165) is 0 Å². The molecule has 0 aliphatic rings. The van der Waals surface area contributed by atoms with E-state index in [1.807, 2.05) is 0 Å². The van der Waals surface area contributed by atoms with Crippen LogP contribution in [0.5, 0.6) is 0 Å². The van der Waals surface area contributed by atoms with Crippen LogP contribution in [0.1, 0.15) is 25.0 Å². The van der Waals surface area contributed by atoms with Gasteiger partial charge in [0.05, 0.1) is 5.41 Å². The molecule has 2 nitrogen and oxygen atoms in total. The number of rotatable bonds is 3. The summed E-state index contributed by atoms with van der Waals surface area (Å²) in [6, 6.07) is 3.00. The Balaban J connectivity index is 3.11. The maximum Gasteiger partial charge on any atom is 0.309 e. The molecule has 16 heavy (non-hydrogen) atoms. The molecular weight excluding hydrogens is 231 g/mol. The number of carbonyl (C=O) groups is 1. The molecule has 0 unspecified atom stereocenters. The lowest BCUT2D eigenvalue weighted by Gasteiger charge is -2.20. The average Bonchev–Trinajstić information content (AvgIpc) is 2.12. The van der Waals surface area contributed by atoms with E-state index in [1.165, 1.54) is 12.1 Å². The lowest BCUT2D eigenvalue weighted by atomic mass is 9.85. The smallest absolute Gasteiger partial charge is 0.309 e. The molecule has 0 amide bonds. The summed E-state index contributed by atoms with van der Waals surface area (Å²) in [4.78, 5) is 11.0. The Morgan fingerprint density at radius 1 is 1.50 bits per heavy atom. The van der Waals surface area contributed by atoms with Crippen molar-refractivity contribution in [2.24, 2.45) is 5.41 Å². The molecule has 1 N–H and O–H groups in total. The van der Waals surface area contributed by atoms with Gasteiger partial charge in [0.1, 0.15) is 5.82 Å². The molecule has 4 heteroatoms. The first-order valence-electron chi connectivity index (χ1n) is 4.92. The third-order valence-corrected chi connectivity index (χ3v) is 2.72. The zero-order valence-electron chi connectivity index (χ0n) is 9.47. The van der Waals surface area contributed by atoms with Gasteiger partial charge in [-0.05, 0) is 50.5 Å². The maximum absolute atomic E-state index is 13.7. The van der Waals surface area contributed by atoms with Gasteiger partial charge in [-0.25, -0.2) is 4.39 Å². The van der Waals surface area contributed by atoms with Crippen LogP contribution in [0.3, 0.4) is 0 Å². The number of aryl methyl sites for hydroxylation is 1. The Morgan fingerprint density at radius 3 is 2.56 bits per heavy atom. The highest BCUT2D eigenvalue weighted by Crippen LogP contribution is 2.27. The summed E-state index contributed by atoms with van der Waals surface area (Å²) < 4.78 is 13.7. The second-order valence-electron chi connectivity index (χ2n) is 4.56. The number of aliphatic carboxylic acids is 1. The molecule has 0 aliphatic heterocycles. The number of hydrogen-bond donors (Lipinski definition) is 1. The van der Waals surface area contributed by atoms with E-state index in [-0.39, 0.29) is 12.2 Å². The minimum absolute atomic E-state index is 0.121. The van der Waals surface area contributed by atoms with Gasteiger partial charge >= 0.3 is 5.97 Å². The molecule has 0 saturated heterocycles. The lowest BCUT2D eigenvalue weighted by molar-refractivity contribution is -0.146. The first kappa shape index (κ1) is 13.0. The minimum atomic E-state index is -1.00. The van der Waals surface area contributed by atoms with Crippen molar-refractivity contribution in [1.29, 1.82) is 0 Å². The summed E-state index contributed by atoms with van der Waals surface area (Å²) in [5.41, 5.74) is -0.223. The number of carboxylic acid groups (broad SMARTS) is 1.